The molecule has 1 amide bonds. The number of hydrogen-bond acceptors (Lipinski definition) is 4. The molecule has 24 heavy (non-hydrogen) atoms. The van der Waals surface area contributed by atoms with Crippen LogP contribution in [0.1, 0.15) is 29.5 Å². The molecule has 130 valence electrons. The molecule has 8 heteroatoms. The van der Waals surface area contributed by atoms with Crippen molar-refractivity contribution in [1.82, 2.24) is 10.3 Å². The summed E-state index contributed by atoms with van der Waals surface area (Å²) in [7, 11) is 0. The highest BCUT2D eigenvalue weighted by molar-refractivity contribution is 5.94. The average Bonchev–Trinajstić information content (AvgIpc) is 3.04. The molecule has 1 atom stereocenters. The molecule has 0 aromatic carbocycles. The third-order valence-electron chi connectivity index (χ3n) is 3.16. The van der Waals surface area contributed by atoms with Crippen molar-refractivity contribution < 1.29 is 27.1 Å². The highest BCUT2D eigenvalue weighted by Gasteiger charge is 2.28. The third kappa shape index (κ3) is 5.94. The molecule has 0 radical (unpaired) electrons. The van der Waals surface area contributed by atoms with Crippen molar-refractivity contribution in [3.63, 3.8) is 0 Å². The van der Waals surface area contributed by atoms with Gasteiger partial charge in [-0.05, 0) is 31.5 Å². The predicted molar refractivity (Wildman–Crippen MR) is 79.7 cm³/mol. The van der Waals surface area contributed by atoms with E-state index in [0.29, 0.717) is 12.8 Å². The Hall–Kier alpha value is -2.51. The first-order valence-electron chi connectivity index (χ1n) is 7.32. The lowest BCUT2D eigenvalue weighted by molar-refractivity contribution is -0.154. The zero-order chi connectivity index (χ0) is 17.6. The van der Waals surface area contributed by atoms with Crippen molar-refractivity contribution in [2.24, 2.45) is 0 Å². The highest BCUT2D eigenvalue weighted by atomic mass is 19.4. The maximum absolute atomic E-state index is 12.0. The van der Waals surface area contributed by atoms with Crippen LogP contribution in [0.25, 0.3) is 0 Å². The maximum atomic E-state index is 12.0. The van der Waals surface area contributed by atoms with Crippen molar-refractivity contribution in [3.8, 4) is 5.88 Å². The maximum Gasteiger partial charge on any atom is 0.422 e. The zero-order valence-corrected chi connectivity index (χ0v) is 13.0. The zero-order valence-electron chi connectivity index (χ0n) is 13.0. The molecule has 2 aromatic rings. The average molecular weight is 342 g/mol. The number of alkyl halides is 3. The number of carbonyl (C=O) groups excluding carboxylic acids is 1. The molecule has 0 spiro atoms. The molecule has 2 aromatic heterocycles. The molecule has 1 N–H and O–H groups in total. The van der Waals surface area contributed by atoms with Crippen LogP contribution >= 0.6 is 0 Å². The quantitative estimate of drug-likeness (QED) is 0.838. The van der Waals surface area contributed by atoms with Gasteiger partial charge in [-0.15, -0.1) is 0 Å². The number of rotatable bonds is 7. The Kier molecular flexibility index (Phi) is 5.83. The van der Waals surface area contributed by atoms with Crippen LogP contribution in [-0.4, -0.2) is 29.7 Å². The van der Waals surface area contributed by atoms with Gasteiger partial charge in [-0.25, -0.2) is 4.98 Å². The SMILES string of the molecule is CC(CCc1ccco1)NC(=O)c1ccc(OCC(F)(F)F)nc1. The number of carbonyl (C=O) groups is 1. The number of nitrogens with zero attached hydrogens (tertiary/aromatic N) is 1. The molecule has 0 aliphatic heterocycles. The number of furan rings is 1. The van der Waals surface area contributed by atoms with Gasteiger partial charge >= 0.3 is 6.18 Å². The largest absolute Gasteiger partial charge is 0.469 e. The third-order valence-corrected chi connectivity index (χ3v) is 3.16. The lowest BCUT2D eigenvalue weighted by Crippen LogP contribution is -2.32. The van der Waals surface area contributed by atoms with Crippen LogP contribution in [0.5, 0.6) is 5.88 Å². The summed E-state index contributed by atoms with van der Waals surface area (Å²) in [5, 5.41) is 2.79. The Balaban J connectivity index is 1.81. The number of hydrogen-bond donors (Lipinski definition) is 1. The van der Waals surface area contributed by atoms with Crippen molar-refractivity contribution in [1.29, 1.82) is 0 Å². The second kappa shape index (κ2) is 7.85. The first kappa shape index (κ1) is 17.8. The van der Waals surface area contributed by atoms with E-state index in [-0.39, 0.29) is 23.4 Å². The number of aryl methyl sites for hydroxylation is 1. The van der Waals surface area contributed by atoms with Crippen molar-refractivity contribution in [2.75, 3.05) is 6.61 Å². The fourth-order valence-corrected chi connectivity index (χ4v) is 1.95. The fourth-order valence-electron chi connectivity index (χ4n) is 1.95. The van der Waals surface area contributed by atoms with E-state index in [0.717, 1.165) is 5.76 Å². The van der Waals surface area contributed by atoms with Crippen LogP contribution in [0.2, 0.25) is 0 Å². The molecule has 0 bridgehead atoms. The minimum absolute atomic E-state index is 0.0937. The summed E-state index contributed by atoms with van der Waals surface area (Å²) in [5.41, 5.74) is 0.249. The predicted octanol–water partition coefficient (Wildman–Crippen LogP) is 3.37. The number of aromatic nitrogens is 1. The van der Waals surface area contributed by atoms with Crippen LogP contribution < -0.4 is 10.1 Å². The highest BCUT2D eigenvalue weighted by Crippen LogP contribution is 2.17. The Bertz CT molecular complexity index is 640. The lowest BCUT2D eigenvalue weighted by atomic mass is 10.1. The summed E-state index contributed by atoms with van der Waals surface area (Å²) in [4.78, 5) is 15.7. The number of halogens is 3. The summed E-state index contributed by atoms with van der Waals surface area (Å²) >= 11 is 0. The van der Waals surface area contributed by atoms with Gasteiger partial charge in [0.05, 0.1) is 11.8 Å². The Morgan fingerprint density at radius 2 is 2.17 bits per heavy atom. The molecular weight excluding hydrogens is 325 g/mol. The Morgan fingerprint density at radius 3 is 2.75 bits per heavy atom. The molecule has 5 nitrogen and oxygen atoms in total. The monoisotopic (exact) mass is 342 g/mol. The lowest BCUT2D eigenvalue weighted by Gasteiger charge is -2.13. The van der Waals surface area contributed by atoms with E-state index in [4.69, 9.17) is 4.42 Å². The van der Waals surface area contributed by atoms with Gasteiger partial charge in [0.15, 0.2) is 6.61 Å². The summed E-state index contributed by atoms with van der Waals surface area (Å²) < 4.78 is 45.8. The van der Waals surface area contributed by atoms with E-state index >= 15 is 0 Å². The first-order chi connectivity index (χ1) is 11.3. The Morgan fingerprint density at radius 1 is 1.38 bits per heavy atom. The van der Waals surface area contributed by atoms with Crippen LogP contribution in [0.4, 0.5) is 13.2 Å². The molecule has 2 heterocycles. The summed E-state index contributed by atoms with van der Waals surface area (Å²) in [6.07, 6.45) is -0.273. The van der Waals surface area contributed by atoms with E-state index in [1.54, 1.807) is 12.3 Å². The van der Waals surface area contributed by atoms with Gasteiger partial charge < -0.3 is 14.5 Å². The van der Waals surface area contributed by atoms with Gasteiger partial charge in [-0.1, -0.05) is 0 Å². The number of ether oxygens (including phenoxy) is 1. The van der Waals surface area contributed by atoms with Crippen molar-refractivity contribution >= 4 is 5.91 Å². The Labute approximate surface area is 136 Å². The first-order valence-corrected chi connectivity index (χ1v) is 7.32. The van der Waals surface area contributed by atoms with Gasteiger partial charge in [-0.3, -0.25) is 4.79 Å². The van der Waals surface area contributed by atoms with Crippen LogP contribution in [0, 0.1) is 0 Å². The fraction of sp³-hybridized carbons (Fsp3) is 0.375. The van der Waals surface area contributed by atoms with Gasteiger partial charge in [0.1, 0.15) is 5.76 Å². The summed E-state index contributed by atoms with van der Waals surface area (Å²) in [6, 6.07) is 6.16. The molecule has 2 rings (SSSR count). The number of nitrogens with one attached hydrogen (secondary N) is 1. The summed E-state index contributed by atoms with van der Waals surface area (Å²) in [6.45, 7) is 0.435. The second-order valence-corrected chi connectivity index (χ2v) is 5.28. The van der Waals surface area contributed by atoms with Gasteiger partial charge in [0.2, 0.25) is 5.88 Å². The molecule has 1 unspecified atom stereocenters. The molecule has 0 aliphatic carbocycles. The standard InChI is InChI=1S/C16H17F3N2O3/c1-11(4-6-13-3-2-8-23-13)21-15(22)12-5-7-14(20-9-12)24-10-16(17,18)19/h2-3,5,7-9,11H,4,6,10H2,1H3,(H,21,22). The van der Waals surface area contributed by atoms with E-state index in [1.165, 1.54) is 18.3 Å². The molecular formula is C16H17F3N2O3. The number of amides is 1. The van der Waals surface area contributed by atoms with E-state index in [9.17, 15) is 18.0 Å². The molecule has 0 saturated heterocycles. The van der Waals surface area contributed by atoms with Crippen LogP contribution in [0.15, 0.2) is 41.1 Å². The van der Waals surface area contributed by atoms with Gasteiger partial charge in [0, 0.05) is 24.7 Å². The number of pyridine rings is 1. The normalized spacial score (nSPS) is 12.7. The molecule has 0 fully saturated rings. The van der Waals surface area contributed by atoms with Gasteiger partial charge in [0.25, 0.3) is 5.91 Å². The van der Waals surface area contributed by atoms with Gasteiger partial charge in [-0.2, -0.15) is 13.2 Å². The van der Waals surface area contributed by atoms with Crippen LogP contribution in [-0.2, 0) is 6.42 Å². The molecule has 0 aliphatic rings. The van der Waals surface area contributed by atoms with E-state index < -0.39 is 12.8 Å². The smallest absolute Gasteiger partial charge is 0.422 e. The van der Waals surface area contributed by atoms with E-state index in [1.807, 2.05) is 13.0 Å². The minimum atomic E-state index is -4.43. The van der Waals surface area contributed by atoms with Crippen molar-refractivity contribution in [2.45, 2.75) is 32.0 Å². The van der Waals surface area contributed by atoms with Crippen LogP contribution in [0.3, 0.4) is 0 Å². The van der Waals surface area contributed by atoms with E-state index in [2.05, 4.69) is 15.0 Å². The van der Waals surface area contributed by atoms with Crippen molar-refractivity contribution in [3.05, 3.63) is 48.0 Å². The molecule has 0 saturated carbocycles. The topological polar surface area (TPSA) is 64.4 Å². The second-order valence-electron chi connectivity index (χ2n) is 5.28. The summed E-state index contributed by atoms with van der Waals surface area (Å²) in [5.74, 6) is 0.301. The minimum Gasteiger partial charge on any atom is -0.469 e.